The molecule has 0 saturated heterocycles. The number of nitriles is 1. The lowest BCUT2D eigenvalue weighted by molar-refractivity contribution is 0.0864. The normalized spacial score (nSPS) is 14.6. The highest BCUT2D eigenvalue weighted by Gasteiger charge is 2.42. The fraction of sp³-hybridized carbons (Fsp3) is 0.333. The van der Waals surface area contributed by atoms with Gasteiger partial charge in [0.15, 0.2) is 0 Å². The SMILES string of the molecule is CCOCC1(CNC(=O)c2ccc(-c3ccccc3C#N)cc2)CC1. The minimum atomic E-state index is -0.0668. The summed E-state index contributed by atoms with van der Waals surface area (Å²) in [5, 5.41) is 12.2. The van der Waals surface area contributed by atoms with Crippen molar-refractivity contribution < 1.29 is 9.53 Å². The number of ether oxygens (including phenoxy) is 1. The average Bonchev–Trinajstić information content (AvgIpc) is 3.45. The monoisotopic (exact) mass is 334 g/mol. The summed E-state index contributed by atoms with van der Waals surface area (Å²) in [6, 6.07) is 17.1. The number of benzene rings is 2. The molecule has 0 aliphatic heterocycles. The molecular weight excluding hydrogens is 312 g/mol. The van der Waals surface area contributed by atoms with E-state index in [0.29, 0.717) is 30.9 Å². The molecule has 0 heterocycles. The van der Waals surface area contributed by atoms with Crippen molar-refractivity contribution in [3.05, 3.63) is 59.7 Å². The number of amides is 1. The summed E-state index contributed by atoms with van der Waals surface area (Å²) < 4.78 is 5.51. The summed E-state index contributed by atoms with van der Waals surface area (Å²) in [5.74, 6) is -0.0668. The molecule has 1 amide bonds. The molecule has 0 unspecified atom stereocenters. The zero-order chi connectivity index (χ0) is 17.7. The third kappa shape index (κ3) is 4.07. The molecule has 1 fully saturated rings. The van der Waals surface area contributed by atoms with E-state index in [1.165, 1.54) is 0 Å². The molecule has 1 aliphatic carbocycles. The van der Waals surface area contributed by atoms with Crippen LogP contribution >= 0.6 is 0 Å². The number of hydrogen-bond acceptors (Lipinski definition) is 3. The first kappa shape index (κ1) is 17.2. The molecular formula is C21H22N2O2. The Morgan fingerprint density at radius 1 is 1.20 bits per heavy atom. The molecule has 4 nitrogen and oxygen atoms in total. The summed E-state index contributed by atoms with van der Waals surface area (Å²) in [4.78, 5) is 12.4. The van der Waals surface area contributed by atoms with Gasteiger partial charge < -0.3 is 10.1 Å². The van der Waals surface area contributed by atoms with Crippen LogP contribution in [0.2, 0.25) is 0 Å². The van der Waals surface area contributed by atoms with Gasteiger partial charge in [0.1, 0.15) is 0 Å². The fourth-order valence-corrected chi connectivity index (χ4v) is 2.87. The van der Waals surface area contributed by atoms with Crippen LogP contribution in [-0.4, -0.2) is 25.7 Å². The molecule has 25 heavy (non-hydrogen) atoms. The highest BCUT2D eigenvalue weighted by molar-refractivity contribution is 5.94. The minimum absolute atomic E-state index is 0.0668. The maximum Gasteiger partial charge on any atom is 0.251 e. The van der Waals surface area contributed by atoms with Crippen LogP contribution in [0, 0.1) is 16.7 Å². The van der Waals surface area contributed by atoms with E-state index >= 15 is 0 Å². The van der Waals surface area contributed by atoms with Crippen LogP contribution in [0.3, 0.4) is 0 Å². The summed E-state index contributed by atoms with van der Waals surface area (Å²) >= 11 is 0. The third-order valence-corrected chi connectivity index (χ3v) is 4.70. The Kier molecular flexibility index (Phi) is 5.16. The van der Waals surface area contributed by atoms with Crippen molar-refractivity contribution in [1.82, 2.24) is 5.32 Å². The first-order valence-corrected chi connectivity index (χ1v) is 8.63. The number of rotatable bonds is 7. The summed E-state index contributed by atoms with van der Waals surface area (Å²) in [6.45, 7) is 4.07. The molecule has 3 rings (SSSR count). The zero-order valence-electron chi connectivity index (χ0n) is 14.4. The van der Waals surface area contributed by atoms with Crippen molar-refractivity contribution in [1.29, 1.82) is 5.26 Å². The van der Waals surface area contributed by atoms with Crippen molar-refractivity contribution >= 4 is 5.91 Å². The number of carbonyl (C=O) groups is 1. The van der Waals surface area contributed by atoms with Gasteiger partial charge in [-0.2, -0.15) is 5.26 Å². The van der Waals surface area contributed by atoms with Gasteiger partial charge in [-0.1, -0.05) is 30.3 Å². The van der Waals surface area contributed by atoms with E-state index in [1.807, 2.05) is 37.3 Å². The minimum Gasteiger partial charge on any atom is -0.381 e. The lowest BCUT2D eigenvalue weighted by atomic mass is 9.99. The predicted octanol–water partition coefficient (Wildman–Crippen LogP) is 3.77. The highest BCUT2D eigenvalue weighted by atomic mass is 16.5. The Balaban J connectivity index is 1.64. The quantitative estimate of drug-likeness (QED) is 0.838. The molecule has 0 bridgehead atoms. The van der Waals surface area contributed by atoms with Gasteiger partial charge in [-0.05, 0) is 49.1 Å². The first-order chi connectivity index (χ1) is 12.2. The number of nitrogens with zero attached hydrogens (tertiary/aromatic N) is 1. The van der Waals surface area contributed by atoms with Crippen molar-refractivity contribution in [3.63, 3.8) is 0 Å². The van der Waals surface area contributed by atoms with E-state index in [1.54, 1.807) is 18.2 Å². The van der Waals surface area contributed by atoms with Gasteiger partial charge in [-0.15, -0.1) is 0 Å². The summed E-state index contributed by atoms with van der Waals surface area (Å²) in [7, 11) is 0. The van der Waals surface area contributed by atoms with Crippen LogP contribution in [0.15, 0.2) is 48.5 Å². The Morgan fingerprint density at radius 3 is 2.56 bits per heavy atom. The van der Waals surface area contributed by atoms with E-state index in [4.69, 9.17) is 4.74 Å². The molecule has 0 aromatic heterocycles. The Morgan fingerprint density at radius 2 is 1.92 bits per heavy atom. The van der Waals surface area contributed by atoms with Gasteiger partial charge in [0, 0.05) is 24.1 Å². The molecule has 128 valence electrons. The summed E-state index contributed by atoms with van der Waals surface area (Å²) in [6.07, 6.45) is 2.22. The van der Waals surface area contributed by atoms with Crippen LogP contribution in [0.4, 0.5) is 0 Å². The van der Waals surface area contributed by atoms with E-state index in [2.05, 4.69) is 11.4 Å². The fourth-order valence-electron chi connectivity index (χ4n) is 2.87. The zero-order valence-corrected chi connectivity index (χ0v) is 14.4. The lowest BCUT2D eigenvalue weighted by Gasteiger charge is -2.16. The molecule has 2 aromatic rings. The van der Waals surface area contributed by atoms with Gasteiger partial charge in [0.05, 0.1) is 18.2 Å². The second-order valence-electron chi connectivity index (χ2n) is 6.55. The van der Waals surface area contributed by atoms with Gasteiger partial charge in [-0.3, -0.25) is 4.79 Å². The highest BCUT2D eigenvalue weighted by Crippen LogP contribution is 2.45. The molecule has 1 aliphatic rings. The number of hydrogen-bond donors (Lipinski definition) is 1. The average molecular weight is 334 g/mol. The maximum absolute atomic E-state index is 12.4. The third-order valence-electron chi connectivity index (χ3n) is 4.70. The Hall–Kier alpha value is -2.64. The Bertz CT molecular complexity index is 786. The second kappa shape index (κ2) is 7.50. The molecule has 1 saturated carbocycles. The smallest absolute Gasteiger partial charge is 0.251 e. The summed E-state index contributed by atoms with van der Waals surface area (Å²) in [5.41, 5.74) is 3.21. The molecule has 4 heteroatoms. The van der Waals surface area contributed by atoms with Gasteiger partial charge in [-0.25, -0.2) is 0 Å². The van der Waals surface area contributed by atoms with Crippen molar-refractivity contribution in [2.45, 2.75) is 19.8 Å². The van der Waals surface area contributed by atoms with Crippen molar-refractivity contribution in [2.75, 3.05) is 19.8 Å². The topological polar surface area (TPSA) is 62.1 Å². The predicted molar refractivity (Wildman–Crippen MR) is 97.1 cm³/mol. The van der Waals surface area contributed by atoms with E-state index in [9.17, 15) is 10.1 Å². The van der Waals surface area contributed by atoms with Crippen molar-refractivity contribution in [3.8, 4) is 17.2 Å². The van der Waals surface area contributed by atoms with Gasteiger partial charge in [0.2, 0.25) is 0 Å². The molecule has 0 radical (unpaired) electrons. The molecule has 0 atom stereocenters. The Labute approximate surface area is 148 Å². The van der Waals surface area contributed by atoms with Crippen LogP contribution in [0.5, 0.6) is 0 Å². The molecule has 1 N–H and O–H groups in total. The van der Waals surface area contributed by atoms with Crippen LogP contribution < -0.4 is 5.32 Å². The second-order valence-corrected chi connectivity index (χ2v) is 6.55. The van der Waals surface area contributed by atoms with Crippen LogP contribution in [-0.2, 0) is 4.74 Å². The molecule has 2 aromatic carbocycles. The maximum atomic E-state index is 12.4. The van der Waals surface area contributed by atoms with Crippen LogP contribution in [0.25, 0.3) is 11.1 Å². The largest absolute Gasteiger partial charge is 0.381 e. The lowest BCUT2D eigenvalue weighted by Crippen LogP contribution is -2.32. The van der Waals surface area contributed by atoms with Gasteiger partial charge >= 0.3 is 0 Å². The van der Waals surface area contributed by atoms with E-state index < -0.39 is 0 Å². The standard InChI is InChI=1S/C21H22N2O2/c1-2-25-15-21(11-12-21)14-23-20(24)17-9-7-16(8-10-17)19-6-4-3-5-18(19)13-22/h3-10H,2,11-12,14-15H2,1H3,(H,23,24). The van der Waals surface area contributed by atoms with E-state index in [-0.39, 0.29) is 11.3 Å². The van der Waals surface area contributed by atoms with E-state index in [0.717, 1.165) is 24.0 Å². The number of carbonyl (C=O) groups excluding carboxylic acids is 1. The van der Waals surface area contributed by atoms with Gasteiger partial charge in [0.25, 0.3) is 5.91 Å². The molecule has 0 spiro atoms. The first-order valence-electron chi connectivity index (χ1n) is 8.63. The van der Waals surface area contributed by atoms with Crippen LogP contribution in [0.1, 0.15) is 35.7 Å². The van der Waals surface area contributed by atoms with Crippen molar-refractivity contribution in [2.24, 2.45) is 5.41 Å². The number of nitrogens with one attached hydrogen (secondary N) is 1.